The van der Waals surface area contributed by atoms with E-state index in [0.29, 0.717) is 12.1 Å². The number of halogens is 2. The first kappa shape index (κ1) is 12.0. The van der Waals surface area contributed by atoms with Gasteiger partial charge in [0.15, 0.2) is 26.2 Å². The Kier molecular flexibility index (Phi) is 2.46. The summed E-state index contributed by atoms with van der Waals surface area (Å²) in [5.74, 6) is -3.95. The normalized spacial score (nSPS) is 17.8. The molecule has 1 aliphatic rings. The fourth-order valence-corrected chi connectivity index (χ4v) is 3.41. The van der Waals surface area contributed by atoms with Gasteiger partial charge in [0, 0.05) is 0 Å². The third kappa shape index (κ3) is 1.61. The van der Waals surface area contributed by atoms with Gasteiger partial charge in [-0.25, -0.2) is 17.2 Å². The monoisotopic (exact) mass is 262 g/mol. The summed E-state index contributed by atoms with van der Waals surface area (Å²) in [6.45, 7) is 0. The van der Waals surface area contributed by atoms with Crippen LogP contribution in [0.5, 0.6) is 0 Å². The average molecular weight is 262 g/mol. The molecule has 1 fully saturated rings. The predicted octanol–water partition coefficient (Wildman–Crippen LogP) is 1.36. The molecule has 0 heterocycles. The molecule has 1 aromatic rings. The molecular formula is C10H8F2O4S. The van der Waals surface area contributed by atoms with E-state index in [4.69, 9.17) is 5.11 Å². The zero-order valence-corrected chi connectivity index (χ0v) is 9.30. The number of carboxylic acids is 1. The van der Waals surface area contributed by atoms with Crippen LogP contribution in [0.4, 0.5) is 8.78 Å². The van der Waals surface area contributed by atoms with E-state index in [1.165, 1.54) is 0 Å². The van der Waals surface area contributed by atoms with Gasteiger partial charge in [-0.1, -0.05) is 0 Å². The van der Waals surface area contributed by atoms with Crippen LogP contribution in [-0.2, 0) is 14.6 Å². The highest BCUT2D eigenvalue weighted by Gasteiger charge is 2.61. The molecule has 0 amide bonds. The van der Waals surface area contributed by atoms with Gasteiger partial charge in [0.2, 0.25) is 0 Å². The van der Waals surface area contributed by atoms with Crippen molar-refractivity contribution in [3.05, 3.63) is 29.8 Å². The summed E-state index contributed by atoms with van der Waals surface area (Å²) in [6.07, 6.45) is -0.0205. The van der Waals surface area contributed by atoms with Gasteiger partial charge in [0.1, 0.15) is 0 Å². The molecule has 2 rings (SSSR count). The summed E-state index contributed by atoms with van der Waals surface area (Å²) in [5, 5.41) is 8.88. The molecule has 0 aliphatic heterocycles. The van der Waals surface area contributed by atoms with Crippen LogP contribution in [0.2, 0.25) is 0 Å². The summed E-state index contributed by atoms with van der Waals surface area (Å²) in [4.78, 5) is 10.4. The Morgan fingerprint density at radius 1 is 1.24 bits per heavy atom. The van der Waals surface area contributed by atoms with Crippen molar-refractivity contribution in [3.8, 4) is 0 Å². The van der Waals surface area contributed by atoms with Crippen LogP contribution in [0.15, 0.2) is 23.1 Å². The minimum atomic E-state index is -4.17. The zero-order chi connectivity index (χ0) is 12.8. The number of hydrogen-bond donors (Lipinski definition) is 1. The maximum Gasteiger partial charge on any atom is 0.325 e. The highest BCUT2D eigenvalue weighted by atomic mass is 32.2. The second-order valence-corrected chi connectivity index (χ2v) is 6.14. The zero-order valence-electron chi connectivity index (χ0n) is 8.48. The van der Waals surface area contributed by atoms with Gasteiger partial charge in [-0.3, -0.25) is 4.79 Å². The molecule has 92 valence electrons. The second kappa shape index (κ2) is 3.49. The first-order valence-electron chi connectivity index (χ1n) is 4.74. The van der Waals surface area contributed by atoms with Crippen molar-refractivity contribution in [1.29, 1.82) is 0 Å². The van der Waals surface area contributed by atoms with E-state index in [1.807, 2.05) is 0 Å². The Hall–Kier alpha value is -1.50. The van der Waals surface area contributed by atoms with Crippen LogP contribution in [0.25, 0.3) is 0 Å². The molecule has 0 radical (unpaired) electrons. The van der Waals surface area contributed by atoms with E-state index in [0.717, 1.165) is 6.07 Å². The molecule has 0 aromatic heterocycles. The van der Waals surface area contributed by atoms with Gasteiger partial charge in [0.25, 0.3) is 0 Å². The molecule has 4 nitrogen and oxygen atoms in total. The number of sulfone groups is 1. The molecule has 1 aromatic carbocycles. The third-order valence-electron chi connectivity index (χ3n) is 2.81. The Bertz CT molecular complexity index is 590. The number of benzene rings is 1. The number of aliphatic carboxylic acids is 1. The van der Waals surface area contributed by atoms with Crippen LogP contribution in [0.3, 0.4) is 0 Å². The van der Waals surface area contributed by atoms with Gasteiger partial charge < -0.3 is 5.11 Å². The fraction of sp³-hybridized carbons (Fsp3) is 0.300. The topological polar surface area (TPSA) is 71.4 Å². The lowest BCUT2D eigenvalue weighted by atomic mass is 10.3. The highest BCUT2D eigenvalue weighted by molar-refractivity contribution is 7.94. The molecule has 17 heavy (non-hydrogen) atoms. The first-order valence-corrected chi connectivity index (χ1v) is 6.23. The molecule has 1 N–H and O–H groups in total. The van der Waals surface area contributed by atoms with Crippen LogP contribution >= 0.6 is 0 Å². The number of rotatable bonds is 3. The molecule has 0 bridgehead atoms. The molecular weight excluding hydrogens is 254 g/mol. The molecule has 7 heteroatoms. The van der Waals surface area contributed by atoms with Crippen molar-refractivity contribution in [2.24, 2.45) is 0 Å². The first-order chi connectivity index (χ1) is 7.81. The van der Waals surface area contributed by atoms with Crippen LogP contribution in [-0.4, -0.2) is 24.2 Å². The van der Waals surface area contributed by atoms with Gasteiger partial charge in [0.05, 0.1) is 4.90 Å². The minimum Gasteiger partial charge on any atom is -0.480 e. The van der Waals surface area contributed by atoms with Crippen LogP contribution < -0.4 is 0 Å². The summed E-state index contributed by atoms with van der Waals surface area (Å²) >= 11 is 0. The lowest BCUT2D eigenvalue weighted by molar-refractivity contribution is -0.137. The number of carbonyl (C=O) groups is 1. The van der Waals surface area contributed by atoms with Crippen LogP contribution in [0, 0.1) is 11.6 Å². The molecule has 0 spiro atoms. The smallest absolute Gasteiger partial charge is 0.325 e. The molecule has 0 unspecified atom stereocenters. The van der Waals surface area contributed by atoms with E-state index in [9.17, 15) is 22.0 Å². The van der Waals surface area contributed by atoms with E-state index in [1.54, 1.807) is 0 Å². The van der Waals surface area contributed by atoms with Gasteiger partial charge in [-0.05, 0) is 31.0 Å². The SMILES string of the molecule is O=C(O)C1(S(=O)(=O)c2ccc(F)c(F)c2)CC1. The maximum absolute atomic E-state index is 12.9. The standard InChI is InChI=1S/C10H8F2O4S/c11-7-2-1-6(5-8(7)12)17(15,16)10(3-4-10)9(13)14/h1-2,5H,3-4H2,(H,13,14). The number of carboxylic acid groups (broad SMARTS) is 1. The molecule has 1 saturated carbocycles. The van der Waals surface area contributed by atoms with E-state index >= 15 is 0 Å². The van der Waals surface area contributed by atoms with Gasteiger partial charge in [-0.2, -0.15) is 0 Å². The van der Waals surface area contributed by atoms with Crippen molar-refractivity contribution in [2.75, 3.05) is 0 Å². The van der Waals surface area contributed by atoms with E-state index < -0.39 is 37.1 Å². The van der Waals surface area contributed by atoms with Crippen LogP contribution in [0.1, 0.15) is 12.8 Å². The predicted molar refractivity (Wildman–Crippen MR) is 53.1 cm³/mol. The largest absolute Gasteiger partial charge is 0.480 e. The molecule has 0 atom stereocenters. The Morgan fingerprint density at radius 2 is 1.82 bits per heavy atom. The average Bonchev–Trinajstić information content (AvgIpc) is 3.02. The maximum atomic E-state index is 12.9. The quantitative estimate of drug-likeness (QED) is 0.835. The molecule has 0 saturated heterocycles. The minimum absolute atomic E-state index is 0.0103. The van der Waals surface area contributed by atoms with Gasteiger partial charge >= 0.3 is 5.97 Å². The van der Waals surface area contributed by atoms with Crippen molar-refractivity contribution < 1.29 is 27.1 Å². The summed E-state index contributed by atoms with van der Waals surface area (Å²) < 4.78 is 47.6. The summed E-state index contributed by atoms with van der Waals surface area (Å²) in [6, 6.07) is 2.05. The van der Waals surface area contributed by atoms with Crippen molar-refractivity contribution >= 4 is 15.8 Å². The fourth-order valence-electron chi connectivity index (χ4n) is 1.58. The molecule has 1 aliphatic carbocycles. The van der Waals surface area contributed by atoms with E-state index in [2.05, 4.69) is 0 Å². The summed E-state index contributed by atoms with van der Waals surface area (Å²) in [5.41, 5.74) is 0. The number of hydrogen-bond acceptors (Lipinski definition) is 3. The second-order valence-electron chi connectivity index (χ2n) is 3.88. The lowest BCUT2D eigenvalue weighted by Crippen LogP contribution is -2.32. The Morgan fingerprint density at radius 3 is 2.24 bits per heavy atom. The highest BCUT2D eigenvalue weighted by Crippen LogP contribution is 2.47. The van der Waals surface area contributed by atoms with Crippen molar-refractivity contribution in [2.45, 2.75) is 22.5 Å². The Balaban J connectivity index is 2.53. The van der Waals surface area contributed by atoms with E-state index in [-0.39, 0.29) is 12.8 Å². The third-order valence-corrected chi connectivity index (χ3v) is 5.30. The lowest BCUT2D eigenvalue weighted by Gasteiger charge is -2.11. The summed E-state index contributed by atoms with van der Waals surface area (Å²) in [7, 11) is -4.17. The van der Waals surface area contributed by atoms with Gasteiger partial charge in [-0.15, -0.1) is 0 Å². The Labute approximate surface area is 95.8 Å². The van der Waals surface area contributed by atoms with Crippen molar-refractivity contribution in [1.82, 2.24) is 0 Å². The van der Waals surface area contributed by atoms with Crippen molar-refractivity contribution in [3.63, 3.8) is 0 Å².